The summed E-state index contributed by atoms with van der Waals surface area (Å²) in [6.45, 7) is -3.39. The molecule has 0 atom stereocenters. The predicted molar refractivity (Wildman–Crippen MR) is 100 cm³/mol. The molecule has 0 fully saturated rings. The summed E-state index contributed by atoms with van der Waals surface area (Å²) in [6, 6.07) is 7.42. The smallest absolute Gasteiger partial charge is 0.405 e. The maximum Gasteiger partial charge on any atom is 0.405 e. The van der Waals surface area contributed by atoms with Gasteiger partial charge in [-0.05, 0) is 31.2 Å². The first-order valence-electron chi connectivity index (χ1n) is 8.64. The van der Waals surface area contributed by atoms with Crippen molar-refractivity contribution < 1.29 is 40.7 Å². The molecule has 0 saturated carbocycles. The van der Waals surface area contributed by atoms with Gasteiger partial charge in [0.15, 0.2) is 0 Å². The highest BCUT2D eigenvalue weighted by Gasteiger charge is 2.28. The third-order valence-corrected chi connectivity index (χ3v) is 3.86. The van der Waals surface area contributed by atoms with Crippen molar-refractivity contribution in [1.82, 2.24) is 5.32 Å². The van der Waals surface area contributed by atoms with Crippen LogP contribution in [0.25, 0.3) is 6.08 Å². The second-order valence-electron chi connectivity index (χ2n) is 6.17. The van der Waals surface area contributed by atoms with Gasteiger partial charge in [-0.1, -0.05) is 18.2 Å². The van der Waals surface area contributed by atoms with Gasteiger partial charge in [0.1, 0.15) is 18.1 Å². The minimum atomic E-state index is -4.65. The topological polar surface area (TPSA) is 67.4 Å². The van der Waals surface area contributed by atoms with Gasteiger partial charge in [0.2, 0.25) is 5.91 Å². The highest BCUT2D eigenvalue weighted by Crippen LogP contribution is 2.23. The fraction of sp³-hybridized carbons (Fsp3) is 0.200. The Bertz CT molecular complexity index is 989. The molecule has 2 rings (SSSR count). The molecule has 11 heteroatoms. The van der Waals surface area contributed by atoms with Crippen LogP contribution in [0.3, 0.4) is 0 Å². The number of benzene rings is 2. The summed E-state index contributed by atoms with van der Waals surface area (Å²) >= 11 is 0. The fourth-order valence-electron chi connectivity index (χ4n) is 2.38. The molecule has 0 aliphatic carbocycles. The molecule has 0 aliphatic rings. The Kier molecular flexibility index (Phi) is 7.67. The average Bonchev–Trinajstić information content (AvgIpc) is 2.67. The molecule has 2 aromatic carbocycles. The minimum Gasteiger partial charge on any atom is -0.434 e. The highest BCUT2D eigenvalue weighted by atomic mass is 19.4. The zero-order chi connectivity index (χ0) is 23.2. The molecule has 5 nitrogen and oxygen atoms in total. The van der Waals surface area contributed by atoms with Crippen molar-refractivity contribution in [3.8, 4) is 5.75 Å². The van der Waals surface area contributed by atoms with Gasteiger partial charge in [-0.25, -0.2) is 4.39 Å². The molecule has 0 unspecified atom stereocenters. The van der Waals surface area contributed by atoms with E-state index in [9.17, 15) is 35.9 Å². The quantitative estimate of drug-likeness (QED) is 0.480. The predicted octanol–water partition coefficient (Wildman–Crippen LogP) is 4.68. The summed E-state index contributed by atoms with van der Waals surface area (Å²) < 4.78 is 80.0. The van der Waals surface area contributed by atoms with Crippen LogP contribution in [0.1, 0.15) is 21.5 Å². The van der Waals surface area contributed by atoms with E-state index in [1.807, 2.05) is 0 Å². The summed E-state index contributed by atoms with van der Waals surface area (Å²) in [7, 11) is 0. The van der Waals surface area contributed by atoms with Gasteiger partial charge >= 0.3 is 12.8 Å². The van der Waals surface area contributed by atoms with Crippen LogP contribution in [0, 0.1) is 12.7 Å². The van der Waals surface area contributed by atoms with Gasteiger partial charge in [-0.2, -0.15) is 22.0 Å². The molecule has 0 radical (unpaired) electrons. The van der Waals surface area contributed by atoms with Crippen LogP contribution in [0.4, 0.5) is 32.0 Å². The van der Waals surface area contributed by atoms with E-state index in [4.69, 9.17) is 0 Å². The number of nitrogens with one attached hydrogen (secondary N) is 2. The van der Waals surface area contributed by atoms with Crippen LogP contribution in [0.5, 0.6) is 5.75 Å². The van der Waals surface area contributed by atoms with E-state index in [-0.39, 0.29) is 22.6 Å². The van der Waals surface area contributed by atoms with Gasteiger partial charge in [0.25, 0.3) is 5.91 Å². The second-order valence-corrected chi connectivity index (χ2v) is 6.17. The molecule has 2 amide bonds. The van der Waals surface area contributed by atoms with Crippen LogP contribution in [-0.4, -0.2) is 31.1 Å². The summed E-state index contributed by atoms with van der Waals surface area (Å²) in [5, 5.41) is 3.89. The van der Waals surface area contributed by atoms with Gasteiger partial charge in [-0.15, -0.1) is 0 Å². The number of rotatable bonds is 7. The van der Waals surface area contributed by atoms with E-state index in [1.165, 1.54) is 37.3 Å². The molecule has 2 aromatic rings. The van der Waals surface area contributed by atoms with Crippen LogP contribution in [-0.2, 0) is 4.79 Å². The molecular formula is C20H16F6N2O3. The fourth-order valence-corrected chi connectivity index (χ4v) is 2.38. The van der Waals surface area contributed by atoms with Gasteiger partial charge < -0.3 is 15.4 Å². The molecule has 0 spiro atoms. The standard InChI is InChI=1S/C20H16F6N2O3/c1-11-14(21)8-13(18(30)27-10-20(24,25)26)9-15(11)28-17(29)7-6-12-4-2-3-5-16(12)31-19(22)23/h2-9,19H,10H2,1H3,(H,27,30)(H,28,29). The summed E-state index contributed by atoms with van der Waals surface area (Å²) in [4.78, 5) is 24.0. The lowest BCUT2D eigenvalue weighted by molar-refractivity contribution is -0.123. The zero-order valence-electron chi connectivity index (χ0n) is 15.9. The number of ether oxygens (including phenoxy) is 1. The molecule has 0 bridgehead atoms. The monoisotopic (exact) mass is 446 g/mol. The largest absolute Gasteiger partial charge is 0.434 e. The molecule has 0 aliphatic heterocycles. The highest BCUT2D eigenvalue weighted by molar-refractivity contribution is 6.03. The van der Waals surface area contributed by atoms with Gasteiger partial charge in [0, 0.05) is 28.5 Å². The van der Waals surface area contributed by atoms with Crippen molar-refractivity contribution in [2.45, 2.75) is 19.7 Å². The van der Waals surface area contributed by atoms with E-state index in [2.05, 4.69) is 10.1 Å². The molecule has 0 heterocycles. The molecule has 31 heavy (non-hydrogen) atoms. The average molecular weight is 446 g/mol. The number of hydrogen-bond donors (Lipinski definition) is 2. The van der Waals surface area contributed by atoms with E-state index >= 15 is 0 Å². The van der Waals surface area contributed by atoms with E-state index < -0.39 is 42.5 Å². The first-order valence-corrected chi connectivity index (χ1v) is 8.64. The summed E-state index contributed by atoms with van der Waals surface area (Å²) in [5.74, 6) is -3.08. The van der Waals surface area contributed by atoms with Gasteiger partial charge in [-0.3, -0.25) is 9.59 Å². The first-order chi connectivity index (χ1) is 14.5. The lowest BCUT2D eigenvalue weighted by atomic mass is 10.1. The minimum absolute atomic E-state index is 0.0597. The molecular weight excluding hydrogens is 430 g/mol. The van der Waals surface area contributed by atoms with Crippen LogP contribution >= 0.6 is 0 Å². The third kappa shape index (κ3) is 7.36. The SMILES string of the molecule is Cc1c(F)cc(C(=O)NCC(F)(F)F)cc1NC(=O)C=Cc1ccccc1OC(F)F. The normalized spacial score (nSPS) is 11.6. The Labute approximate surface area is 172 Å². The van der Waals surface area contributed by atoms with Crippen molar-refractivity contribution in [3.05, 3.63) is 65.0 Å². The Hall–Kier alpha value is -3.50. The zero-order valence-corrected chi connectivity index (χ0v) is 15.9. The van der Waals surface area contributed by atoms with Crippen LogP contribution < -0.4 is 15.4 Å². The van der Waals surface area contributed by atoms with Crippen molar-refractivity contribution in [1.29, 1.82) is 0 Å². The first kappa shape index (κ1) is 23.8. The van der Waals surface area contributed by atoms with E-state index in [0.29, 0.717) is 0 Å². The lowest BCUT2D eigenvalue weighted by Crippen LogP contribution is -2.33. The van der Waals surface area contributed by atoms with Crippen LogP contribution in [0.2, 0.25) is 0 Å². The Balaban J connectivity index is 2.17. The number of alkyl halides is 5. The number of carbonyl (C=O) groups is 2. The van der Waals surface area contributed by atoms with E-state index in [1.54, 1.807) is 5.32 Å². The maximum atomic E-state index is 14.1. The Morgan fingerprint density at radius 2 is 1.84 bits per heavy atom. The van der Waals surface area contributed by atoms with E-state index in [0.717, 1.165) is 18.2 Å². The summed E-state index contributed by atoms with van der Waals surface area (Å²) in [6.07, 6.45) is -2.51. The number of amides is 2. The van der Waals surface area contributed by atoms with Crippen LogP contribution in [0.15, 0.2) is 42.5 Å². The number of hydrogen-bond acceptors (Lipinski definition) is 3. The number of halogens is 6. The van der Waals surface area contributed by atoms with Crippen molar-refractivity contribution >= 4 is 23.6 Å². The molecule has 2 N–H and O–H groups in total. The second kappa shape index (κ2) is 10.0. The molecule has 0 saturated heterocycles. The number of carbonyl (C=O) groups excluding carboxylic acids is 2. The third-order valence-electron chi connectivity index (χ3n) is 3.86. The Morgan fingerprint density at radius 1 is 1.16 bits per heavy atom. The van der Waals surface area contributed by atoms with Crippen molar-refractivity contribution in [2.24, 2.45) is 0 Å². The lowest BCUT2D eigenvalue weighted by Gasteiger charge is -2.12. The van der Waals surface area contributed by atoms with Gasteiger partial charge in [0.05, 0.1) is 0 Å². The molecule has 166 valence electrons. The summed E-state index contributed by atoms with van der Waals surface area (Å²) in [5.41, 5.74) is -0.470. The van der Waals surface area contributed by atoms with Crippen molar-refractivity contribution in [2.75, 3.05) is 11.9 Å². The molecule has 0 aromatic heterocycles. The van der Waals surface area contributed by atoms with Crippen molar-refractivity contribution in [3.63, 3.8) is 0 Å². The number of para-hydroxylation sites is 1. The Morgan fingerprint density at radius 3 is 2.48 bits per heavy atom. The maximum absolute atomic E-state index is 14.1. The number of anilines is 1.